The second-order valence-corrected chi connectivity index (χ2v) is 7.72. The Morgan fingerprint density at radius 1 is 1.12 bits per heavy atom. The number of aromatic amines is 3. The van der Waals surface area contributed by atoms with Crippen molar-refractivity contribution in [1.82, 2.24) is 41.0 Å². The molecule has 0 saturated carbocycles. The predicted octanol–water partition coefficient (Wildman–Crippen LogP) is 2.72. The van der Waals surface area contributed by atoms with E-state index in [1.54, 1.807) is 11.8 Å². The summed E-state index contributed by atoms with van der Waals surface area (Å²) in [5.41, 5.74) is -0.168. The maximum Gasteiger partial charge on any atom is 0.280 e. The number of nitrogens with one attached hydrogen (secondary N) is 3. The zero-order chi connectivity index (χ0) is 19.5. The summed E-state index contributed by atoms with van der Waals surface area (Å²) in [7, 11) is 0. The van der Waals surface area contributed by atoms with Gasteiger partial charge in [-0.25, -0.2) is 4.98 Å². The van der Waals surface area contributed by atoms with Crippen LogP contribution in [-0.2, 0) is 0 Å². The highest BCUT2D eigenvalue weighted by Gasteiger charge is 2.02. The first-order chi connectivity index (χ1) is 12.3. The zero-order valence-electron chi connectivity index (χ0n) is 15.8. The molecule has 0 saturated heterocycles. The molecule has 3 aromatic heterocycles. The second-order valence-electron chi connectivity index (χ2n) is 6.15. The van der Waals surface area contributed by atoms with Crippen molar-refractivity contribution in [3.05, 3.63) is 34.3 Å². The average molecular weight is 382 g/mol. The van der Waals surface area contributed by atoms with Crippen LogP contribution in [0.4, 0.5) is 0 Å². The van der Waals surface area contributed by atoms with E-state index >= 15 is 0 Å². The molecule has 0 aliphatic heterocycles. The van der Waals surface area contributed by atoms with Crippen molar-refractivity contribution in [2.75, 3.05) is 0 Å². The van der Waals surface area contributed by atoms with Crippen LogP contribution in [0.5, 0.6) is 0 Å². The number of hydrogen-bond acceptors (Lipinski definition) is 8. The number of thioether (sulfide) groups is 1. The van der Waals surface area contributed by atoms with Gasteiger partial charge < -0.3 is 4.52 Å². The minimum atomic E-state index is -0.168. The Hall–Kier alpha value is -2.43. The number of hydrogen-bond donors (Lipinski definition) is 3. The summed E-state index contributed by atoms with van der Waals surface area (Å²) in [5, 5.41) is 23.5. The van der Waals surface area contributed by atoms with E-state index in [9.17, 15) is 4.79 Å². The topological polar surface area (TPSA) is 142 Å². The summed E-state index contributed by atoms with van der Waals surface area (Å²) in [5.74, 6) is 2.13. The second kappa shape index (κ2) is 11.2. The fourth-order valence-electron chi connectivity index (χ4n) is 1.47. The van der Waals surface area contributed by atoms with Gasteiger partial charge in [0.25, 0.3) is 5.56 Å². The third-order valence-corrected chi connectivity index (χ3v) is 3.62. The minimum Gasteiger partial charge on any atom is -0.383 e. The Bertz CT molecular complexity index is 747. The van der Waals surface area contributed by atoms with Gasteiger partial charge in [-0.1, -0.05) is 58.5 Å². The number of tetrazole rings is 1. The summed E-state index contributed by atoms with van der Waals surface area (Å²) in [6, 6.07) is 1.46. The molecule has 0 aromatic carbocycles. The molecule has 3 aromatic rings. The van der Waals surface area contributed by atoms with Gasteiger partial charge in [-0.05, 0) is 0 Å². The van der Waals surface area contributed by atoms with Gasteiger partial charge in [-0.15, -0.1) is 10.2 Å². The lowest BCUT2D eigenvalue weighted by Gasteiger charge is -1.96. The van der Waals surface area contributed by atoms with E-state index in [0.29, 0.717) is 16.9 Å². The van der Waals surface area contributed by atoms with Crippen molar-refractivity contribution in [3.63, 3.8) is 0 Å². The molecule has 3 N–H and O–H groups in total. The van der Waals surface area contributed by atoms with E-state index < -0.39 is 0 Å². The lowest BCUT2D eigenvalue weighted by Crippen LogP contribution is -1.93. The molecule has 0 aliphatic rings. The molecule has 0 spiro atoms. The molecule has 3 rings (SSSR count). The largest absolute Gasteiger partial charge is 0.383 e. The summed E-state index contributed by atoms with van der Waals surface area (Å²) < 4.78 is 4.79. The van der Waals surface area contributed by atoms with Crippen LogP contribution in [0.25, 0.3) is 0 Å². The third-order valence-electron chi connectivity index (χ3n) is 2.73. The Balaban J connectivity index is 0.000000195. The van der Waals surface area contributed by atoms with E-state index in [-0.39, 0.29) is 11.5 Å². The van der Waals surface area contributed by atoms with Crippen LogP contribution in [-0.4, -0.2) is 46.2 Å². The van der Waals surface area contributed by atoms with E-state index in [1.807, 2.05) is 27.7 Å². The maximum absolute atomic E-state index is 10.4. The molecule has 0 atom stereocenters. The maximum atomic E-state index is 10.4. The van der Waals surface area contributed by atoms with E-state index in [1.165, 1.54) is 12.4 Å². The molecule has 26 heavy (non-hydrogen) atoms. The van der Waals surface area contributed by atoms with Crippen molar-refractivity contribution in [2.24, 2.45) is 0 Å². The number of nitrogens with zero attached hydrogens (tertiary/aromatic N) is 5. The van der Waals surface area contributed by atoms with Gasteiger partial charge in [0, 0.05) is 23.2 Å². The van der Waals surface area contributed by atoms with E-state index in [0.717, 1.165) is 11.0 Å². The normalized spacial score (nSPS) is 10.5. The van der Waals surface area contributed by atoms with Crippen LogP contribution in [0, 0.1) is 0 Å². The van der Waals surface area contributed by atoms with Gasteiger partial charge in [0.15, 0.2) is 11.0 Å². The van der Waals surface area contributed by atoms with Gasteiger partial charge in [0.2, 0.25) is 0 Å². The molecule has 0 amide bonds. The fraction of sp³-hybridized carbons (Fsp3) is 0.600. The lowest BCUT2D eigenvalue weighted by atomic mass is 10.2. The smallest absolute Gasteiger partial charge is 0.280 e. The van der Waals surface area contributed by atoms with Crippen LogP contribution < -0.4 is 5.56 Å². The van der Waals surface area contributed by atoms with Crippen molar-refractivity contribution < 1.29 is 4.52 Å². The molecule has 0 unspecified atom stereocenters. The van der Waals surface area contributed by atoms with Gasteiger partial charge >= 0.3 is 0 Å². The van der Waals surface area contributed by atoms with Crippen LogP contribution in [0.15, 0.2) is 26.9 Å². The highest BCUT2D eigenvalue weighted by molar-refractivity contribution is 7.99. The monoisotopic (exact) mass is 382 g/mol. The number of rotatable bonds is 4. The third kappa shape index (κ3) is 8.60. The van der Waals surface area contributed by atoms with Crippen LogP contribution in [0.2, 0.25) is 0 Å². The van der Waals surface area contributed by atoms with Gasteiger partial charge in [-0.2, -0.15) is 15.5 Å². The van der Waals surface area contributed by atoms with Gasteiger partial charge in [0.05, 0.1) is 0 Å². The molecule has 144 valence electrons. The molecule has 0 bridgehead atoms. The SMILES string of the molecule is CC(C)Sc1ncn[nH]1.CC(C)c1cc(=O)[nH]o1.CC(C)c1nn[nH]n1. The Kier molecular flexibility index (Phi) is 9.34. The minimum absolute atomic E-state index is 0.168. The quantitative estimate of drug-likeness (QED) is 0.585. The van der Waals surface area contributed by atoms with E-state index in [4.69, 9.17) is 4.52 Å². The molecule has 0 radical (unpaired) electrons. The summed E-state index contributed by atoms with van der Waals surface area (Å²) in [6.07, 6.45) is 1.52. The van der Waals surface area contributed by atoms with Crippen LogP contribution in [0.3, 0.4) is 0 Å². The molecular formula is C15H26N8O2S. The van der Waals surface area contributed by atoms with Gasteiger partial charge in [0.1, 0.15) is 12.1 Å². The standard InChI is InChI=1S/C6H9NO2.C5H9N3S.C4H8N4/c1-4(2)5-3-6(8)7-9-5;1-4(2)9-5-6-3-7-8-5;1-3(2)4-5-7-8-6-4/h3-4H,1-2H3,(H,7,8);3-4H,1-2H3,(H,6,7,8);3H,1-2H3,(H,5,6,7,8). The van der Waals surface area contributed by atoms with Crippen molar-refractivity contribution in [3.8, 4) is 0 Å². The van der Waals surface area contributed by atoms with Crippen molar-refractivity contribution >= 4 is 11.8 Å². The highest BCUT2D eigenvalue weighted by Crippen LogP contribution is 2.16. The Labute approximate surface area is 155 Å². The molecule has 3 heterocycles. The molecule has 11 heteroatoms. The lowest BCUT2D eigenvalue weighted by molar-refractivity contribution is 0.367. The van der Waals surface area contributed by atoms with Crippen LogP contribution >= 0.6 is 11.8 Å². The zero-order valence-corrected chi connectivity index (χ0v) is 16.7. The predicted molar refractivity (Wildman–Crippen MR) is 99.1 cm³/mol. The Morgan fingerprint density at radius 2 is 1.85 bits per heavy atom. The fourth-order valence-corrected chi connectivity index (χ4v) is 2.13. The molecule has 10 nitrogen and oxygen atoms in total. The molecular weight excluding hydrogens is 356 g/mol. The average Bonchev–Trinajstić information content (AvgIpc) is 3.30. The molecule has 0 aliphatic carbocycles. The van der Waals surface area contributed by atoms with Crippen molar-refractivity contribution in [1.29, 1.82) is 0 Å². The summed E-state index contributed by atoms with van der Waals surface area (Å²) in [6.45, 7) is 12.2. The Morgan fingerprint density at radius 3 is 2.15 bits per heavy atom. The highest BCUT2D eigenvalue weighted by atomic mass is 32.2. The van der Waals surface area contributed by atoms with Gasteiger partial charge in [-0.3, -0.25) is 9.89 Å². The van der Waals surface area contributed by atoms with E-state index in [2.05, 4.69) is 54.8 Å². The first kappa shape index (κ1) is 21.6. The summed E-state index contributed by atoms with van der Waals surface area (Å²) in [4.78, 5) is 14.4. The first-order valence-corrected chi connectivity index (χ1v) is 9.11. The number of aromatic nitrogens is 8. The molecule has 0 fully saturated rings. The van der Waals surface area contributed by atoms with Crippen LogP contribution in [0.1, 0.15) is 65.0 Å². The number of H-pyrrole nitrogens is 3. The summed E-state index contributed by atoms with van der Waals surface area (Å²) >= 11 is 1.68. The first-order valence-electron chi connectivity index (χ1n) is 8.23. The van der Waals surface area contributed by atoms with Crippen molar-refractivity contribution in [2.45, 2.75) is 63.8 Å².